The van der Waals surface area contributed by atoms with E-state index in [1.54, 1.807) is 12.1 Å². The molecule has 26 heavy (non-hydrogen) atoms. The largest absolute Gasteiger partial charge is 0.305 e. The van der Waals surface area contributed by atoms with Crippen LogP contribution < -0.4 is 0 Å². The normalized spacial score (nSPS) is 11.6. The van der Waals surface area contributed by atoms with Gasteiger partial charge >= 0.3 is 0 Å². The number of rotatable bonds is 4. The van der Waals surface area contributed by atoms with E-state index in [1.807, 2.05) is 42.8 Å². The van der Waals surface area contributed by atoms with Crippen molar-refractivity contribution in [1.82, 2.24) is 34.6 Å². The highest BCUT2D eigenvalue weighted by molar-refractivity contribution is 7.99. The van der Waals surface area contributed by atoms with Gasteiger partial charge in [-0.1, -0.05) is 23.8 Å². The first-order chi connectivity index (χ1) is 12.5. The van der Waals surface area contributed by atoms with E-state index in [0.29, 0.717) is 10.2 Å². The first kappa shape index (κ1) is 16.6. The number of aromatic nitrogens is 7. The van der Waals surface area contributed by atoms with E-state index in [1.165, 1.54) is 11.8 Å². The number of hydrogen-bond donors (Lipinski definition) is 0. The van der Waals surface area contributed by atoms with Crippen molar-refractivity contribution in [3.05, 3.63) is 47.8 Å². The lowest BCUT2D eigenvalue weighted by Gasteiger charge is -2.05. The monoisotopic (exact) mass is 373 g/mol. The fourth-order valence-electron chi connectivity index (χ4n) is 2.51. The molecule has 0 saturated carbocycles. The molecule has 0 saturated heterocycles. The van der Waals surface area contributed by atoms with E-state index in [-0.39, 0.29) is 5.65 Å². The summed E-state index contributed by atoms with van der Waals surface area (Å²) >= 11 is 1.23. The first-order valence-corrected chi connectivity index (χ1v) is 8.49. The Kier molecular flexibility index (Phi) is 4.11. The summed E-state index contributed by atoms with van der Waals surface area (Å²) in [5.41, 5.74) is 2.34. The molecule has 0 radical (unpaired) electrons. The van der Waals surface area contributed by atoms with Crippen LogP contribution in [-0.4, -0.2) is 34.6 Å². The lowest BCUT2D eigenvalue weighted by molar-refractivity contribution is 0.137. The zero-order chi connectivity index (χ0) is 18.3. The number of fused-ring (bicyclic) bond motifs is 1. The van der Waals surface area contributed by atoms with Gasteiger partial charge in [0.15, 0.2) is 16.6 Å². The summed E-state index contributed by atoms with van der Waals surface area (Å²) < 4.78 is 28.8. The van der Waals surface area contributed by atoms with Crippen molar-refractivity contribution >= 4 is 17.4 Å². The molecule has 7 nitrogen and oxygen atoms in total. The Labute approximate surface area is 151 Å². The van der Waals surface area contributed by atoms with Gasteiger partial charge in [-0.15, -0.1) is 20.4 Å². The van der Waals surface area contributed by atoms with Gasteiger partial charge < -0.3 is 4.57 Å². The smallest absolute Gasteiger partial charge is 0.299 e. The molecule has 1 aromatic carbocycles. The molecule has 4 rings (SSSR count). The predicted octanol–water partition coefficient (Wildman–Crippen LogP) is 3.32. The lowest BCUT2D eigenvalue weighted by atomic mass is 10.1. The fourth-order valence-corrected chi connectivity index (χ4v) is 3.26. The van der Waals surface area contributed by atoms with Crippen molar-refractivity contribution in [3.63, 3.8) is 0 Å². The third-order valence-corrected chi connectivity index (χ3v) is 4.73. The van der Waals surface area contributed by atoms with E-state index in [2.05, 4.69) is 25.5 Å². The molecule has 0 N–H and O–H groups in total. The minimum absolute atomic E-state index is 0.267. The third-order valence-electron chi connectivity index (χ3n) is 3.76. The third kappa shape index (κ3) is 2.92. The van der Waals surface area contributed by atoms with Crippen LogP contribution in [-0.2, 0) is 7.05 Å². The molecule has 0 unspecified atom stereocenters. The topological polar surface area (TPSA) is 73.8 Å². The van der Waals surface area contributed by atoms with Crippen molar-refractivity contribution in [2.45, 2.75) is 23.5 Å². The van der Waals surface area contributed by atoms with E-state index in [0.717, 1.165) is 21.5 Å². The highest BCUT2D eigenvalue weighted by atomic mass is 32.2. The molecule has 0 bridgehead atoms. The van der Waals surface area contributed by atoms with Crippen LogP contribution >= 0.6 is 11.8 Å². The van der Waals surface area contributed by atoms with Gasteiger partial charge in [-0.3, -0.25) is 0 Å². The van der Waals surface area contributed by atoms with Gasteiger partial charge in [-0.2, -0.15) is 9.61 Å². The van der Waals surface area contributed by atoms with Crippen molar-refractivity contribution in [3.8, 4) is 11.4 Å². The van der Waals surface area contributed by atoms with E-state index < -0.39 is 12.2 Å². The standard InChI is InChI=1S/C16H13F2N7S/c1-9-4-3-5-10(8-9)14-20-22-16(24(14)2)26-12-7-6-11-19-21-15(13(17)18)25(11)23-12/h3-8,13H,1-2H3. The number of hydrogen-bond acceptors (Lipinski definition) is 6. The van der Waals surface area contributed by atoms with Crippen molar-refractivity contribution in [2.75, 3.05) is 0 Å². The number of aryl methyl sites for hydroxylation is 1. The molecule has 10 heteroatoms. The Morgan fingerprint density at radius 2 is 1.88 bits per heavy atom. The Balaban J connectivity index is 1.68. The molecular weight excluding hydrogens is 360 g/mol. The van der Waals surface area contributed by atoms with Crippen LogP contribution in [0.1, 0.15) is 17.8 Å². The van der Waals surface area contributed by atoms with Gasteiger partial charge in [-0.25, -0.2) is 8.78 Å². The number of nitrogens with zero attached hydrogens (tertiary/aromatic N) is 7. The van der Waals surface area contributed by atoms with Crippen LogP contribution in [0.4, 0.5) is 8.78 Å². The molecule has 3 heterocycles. The summed E-state index contributed by atoms with van der Waals surface area (Å²) in [5.74, 6) is 0.232. The van der Waals surface area contributed by atoms with E-state index >= 15 is 0 Å². The summed E-state index contributed by atoms with van der Waals surface area (Å²) in [6, 6.07) is 11.2. The van der Waals surface area contributed by atoms with Crippen molar-refractivity contribution in [2.24, 2.45) is 7.05 Å². The van der Waals surface area contributed by atoms with Gasteiger partial charge in [-0.05, 0) is 36.9 Å². The van der Waals surface area contributed by atoms with Crippen LogP contribution in [0.3, 0.4) is 0 Å². The highest BCUT2D eigenvalue weighted by Gasteiger charge is 2.18. The molecule has 0 amide bonds. The predicted molar refractivity (Wildman–Crippen MR) is 91.0 cm³/mol. The molecule has 0 atom stereocenters. The zero-order valence-electron chi connectivity index (χ0n) is 13.8. The molecule has 4 aromatic rings. The second-order valence-electron chi connectivity index (χ2n) is 5.64. The van der Waals surface area contributed by atoms with E-state index in [9.17, 15) is 8.78 Å². The van der Waals surface area contributed by atoms with Crippen molar-refractivity contribution in [1.29, 1.82) is 0 Å². The van der Waals surface area contributed by atoms with Crippen molar-refractivity contribution < 1.29 is 8.78 Å². The van der Waals surface area contributed by atoms with Gasteiger partial charge in [0.1, 0.15) is 5.03 Å². The SMILES string of the molecule is Cc1cccc(-c2nnc(Sc3ccc4nnc(C(F)F)n4n3)n2C)c1. The average molecular weight is 373 g/mol. The average Bonchev–Trinajstić information content (AvgIpc) is 3.19. The Morgan fingerprint density at radius 1 is 1.04 bits per heavy atom. The summed E-state index contributed by atoms with van der Waals surface area (Å²) in [4.78, 5) is 0. The quantitative estimate of drug-likeness (QED) is 0.546. The maximum Gasteiger partial charge on any atom is 0.299 e. The van der Waals surface area contributed by atoms with E-state index in [4.69, 9.17) is 0 Å². The fraction of sp³-hybridized carbons (Fsp3) is 0.188. The molecule has 0 spiro atoms. The number of benzene rings is 1. The summed E-state index contributed by atoms with van der Waals surface area (Å²) in [6.45, 7) is 2.01. The summed E-state index contributed by atoms with van der Waals surface area (Å²) in [5, 5.41) is 20.9. The Hall–Kier alpha value is -2.88. The maximum atomic E-state index is 13.0. The van der Waals surface area contributed by atoms with Gasteiger partial charge in [0, 0.05) is 12.6 Å². The molecule has 0 fully saturated rings. The minimum atomic E-state index is -2.75. The number of alkyl halides is 2. The van der Waals surface area contributed by atoms with Crippen LogP contribution in [0.25, 0.3) is 17.0 Å². The molecule has 0 aliphatic heterocycles. The number of halogens is 2. The molecule has 0 aliphatic rings. The van der Waals surface area contributed by atoms with Gasteiger partial charge in [0.2, 0.25) is 5.82 Å². The summed E-state index contributed by atoms with van der Waals surface area (Å²) in [7, 11) is 1.85. The van der Waals surface area contributed by atoms with Crippen LogP contribution in [0, 0.1) is 6.92 Å². The Morgan fingerprint density at radius 3 is 2.65 bits per heavy atom. The molecule has 132 valence electrons. The second kappa shape index (κ2) is 6.45. The molecule has 3 aromatic heterocycles. The highest BCUT2D eigenvalue weighted by Crippen LogP contribution is 2.28. The Bertz CT molecular complexity index is 1090. The van der Waals surface area contributed by atoms with Crippen LogP contribution in [0.2, 0.25) is 0 Å². The first-order valence-electron chi connectivity index (χ1n) is 7.68. The lowest BCUT2D eigenvalue weighted by Crippen LogP contribution is -2.01. The van der Waals surface area contributed by atoms with Gasteiger partial charge in [0.05, 0.1) is 0 Å². The van der Waals surface area contributed by atoms with Crippen LogP contribution in [0.5, 0.6) is 0 Å². The zero-order valence-corrected chi connectivity index (χ0v) is 14.7. The second-order valence-corrected chi connectivity index (χ2v) is 6.62. The molecule has 0 aliphatic carbocycles. The minimum Gasteiger partial charge on any atom is -0.305 e. The van der Waals surface area contributed by atoms with Crippen LogP contribution in [0.15, 0.2) is 46.6 Å². The molecular formula is C16H13F2N7S. The summed E-state index contributed by atoms with van der Waals surface area (Å²) in [6.07, 6.45) is -2.75. The van der Waals surface area contributed by atoms with Gasteiger partial charge in [0.25, 0.3) is 6.43 Å². The maximum absolute atomic E-state index is 13.0.